The van der Waals surface area contributed by atoms with E-state index < -0.39 is 0 Å². The van der Waals surface area contributed by atoms with Gasteiger partial charge in [0.05, 0.1) is 8.66 Å². The minimum atomic E-state index is -0.114. The number of rotatable bonds is 5. The van der Waals surface area contributed by atoms with Gasteiger partial charge in [0.1, 0.15) is 0 Å². The first-order valence-corrected chi connectivity index (χ1v) is 6.79. The van der Waals surface area contributed by atoms with E-state index in [1.165, 1.54) is 11.3 Å². The summed E-state index contributed by atoms with van der Waals surface area (Å²) in [5, 5.41) is 6.12. The van der Waals surface area contributed by atoms with Crippen LogP contribution < -0.4 is 5.32 Å². The Labute approximate surface area is 113 Å². The van der Waals surface area contributed by atoms with Crippen molar-refractivity contribution in [2.75, 3.05) is 13.1 Å². The Kier molecular flexibility index (Phi) is 5.83. The number of halogens is 2. The summed E-state index contributed by atoms with van der Waals surface area (Å²) in [7, 11) is 0. The maximum Gasteiger partial charge on any atom is 0.261 e. The van der Waals surface area contributed by atoms with Gasteiger partial charge >= 0.3 is 0 Å². The number of hydrogen-bond acceptors (Lipinski definition) is 3. The average Bonchev–Trinajstić information content (AvgIpc) is 2.59. The number of nitrogens with one attached hydrogen (secondary N) is 1. The van der Waals surface area contributed by atoms with Crippen LogP contribution >= 0.6 is 43.2 Å². The molecule has 1 rings (SSSR count). The van der Waals surface area contributed by atoms with Crippen molar-refractivity contribution >= 4 is 49.1 Å². The van der Waals surface area contributed by atoms with Gasteiger partial charge in [-0.15, -0.1) is 11.3 Å². The highest BCUT2D eigenvalue weighted by Gasteiger charge is 2.10. The fourth-order valence-electron chi connectivity index (χ4n) is 0.942. The van der Waals surface area contributed by atoms with Crippen LogP contribution in [-0.2, 0) is 0 Å². The fraction of sp³-hybridized carbons (Fsp3) is 0.375. The zero-order chi connectivity index (χ0) is 12.0. The van der Waals surface area contributed by atoms with Crippen molar-refractivity contribution in [3.05, 3.63) is 29.6 Å². The van der Waals surface area contributed by atoms with E-state index in [-0.39, 0.29) is 5.91 Å². The number of thiophene rings is 1. The molecule has 1 aromatic rings. The molecule has 0 aliphatic rings. The highest BCUT2D eigenvalue weighted by molar-refractivity contribution is 9.13. The van der Waals surface area contributed by atoms with E-state index in [1.54, 1.807) is 6.07 Å². The minimum absolute atomic E-state index is 0.114. The lowest BCUT2D eigenvalue weighted by Gasteiger charge is -2.00. The Morgan fingerprint density at radius 2 is 2.38 bits per heavy atom. The van der Waals surface area contributed by atoms with Crippen LogP contribution in [0, 0.1) is 0 Å². The molecule has 16 heavy (non-hydrogen) atoms. The second-order valence-electron chi connectivity index (χ2n) is 2.80. The Balaban J connectivity index is 2.38. The molecule has 0 unspecified atom stereocenters. The Bertz CT molecular complexity index is 408. The first-order valence-electron chi connectivity index (χ1n) is 4.39. The molecule has 0 aliphatic carbocycles. The zero-order valence-corrected chi connectivity index (χ0v) is 12.1. The van der Waals surface area contributed by atoms with E-state index in [4.69, 9.17) is 5.53 Å². The summed E-state index contributed by atoms with van der Waals surface area (Å²) in [6.45, 7) is 0.902. The molecule has 86 valence electrons. The second-order valence-corrected chi connectivity index (χ2v) is 6.02. The maximum absolute atomic E-state index is 11.6. The number of carbonyl (C=O) groups is 1. The van der Waals surface area contributed by atoms with Gasteiger partial charge in [-0.1, -0.05) is 5.11 Å². The SMILES string of the molecule is [N-]=[N+]=NCCCNC(=O)c1cc(Br)c(Br)s1. The van der Waals surface area contributed by atoms with Crippen molar-refractivity contribution < 1.29 is 4.79 Å². The maximum atomic E-state index is 11.6. The normalized spacial score (nSPS) is 9.62. The molecular formula is C8H8Br2N4OS. The van der Waals surface area contributed by atoms with E-state index in [0.29, 0.717) is 24.4 Å². The van der Waals surface area contributed by atoms with E-state index in [2.05, 4.69) is 47.2 Å². The second kappa shape index (κ2) is 6.90. The fourth-order valence-corrected chi connectivity index (χ4v) is 2.89. The van der Waals surface area contributed by atoms with Gasteiger partial charge in [-0.3, -0.25) is 4.79 Å². The number of amides is 1. The third-order valence-corrected chi connectivity index (χ3v) is 4.91. The summed E-state index contributed by atoms with van der Waals surface area (Å²) in [5.74, 6) is -0.114. The molecule has 0 saturated heterocycles. The number of hydrogen-bond donors (Lipinski definition) is 1. The predicted molar refractivity (Wildman–Crippen MR) is 70.7 cm³/mol. The molecule has 0 spiro atoms. The summed E-state index contributed by atoms with van der Waals surface area (Å²) in [5.41, 5.74) is 8.05. The highest BCUT2D eigenvalue weighted by atomic mass is 79.9. The van der Waals surface area contributed by atoms with Gasteiger partial charge in [-0.25, -0.2) is 0 Å². The molecule has 8 heteroatoms. The van der Waals surface area contributed by atoms with E-state index >= 15 is 0 Å². The van der Waals surface area contributed by atoms with E-state index in [9.17, 15) is 4.79 Å². The average molecular weight is 368 g/mol. The van der Waals surface area contributed by atoms with Crippen LogP contribution in [0.2, 0.25) is 0 Å². The van der Waals surface area contributed by atoms with Gasteiger partial charge in [-0.2, -0.15) is 0 Å². The lowest BCUT2D eigenvalue weighted by molar-refractivity contribution is 0.0957. The summed E-state index contributed by atoms with van der Waals surface area (Å²) in [6.07, 6.45) is 0.642. The van der Waals surface area contributed by atoms with Crippen LogP contribution in [0.5, 0.6) is 0 Å². The third-order valence-electron chi connectivity index (χ3n) is 1.65. The Hall–Kier alpha value is -0.560. The van der Waals surface area contributed by atoms with Crippen molar-refractivity contribution in [2.24, 2.45) is 5.11 Å². The summed E-state index contributed by atoms with van der Waals surface area (Å²) < 4.78 is 1.77. The first kappa shape index (κ1) is 13.5. The topological polar surface area (TPSA) is 77.9 Å². The molecule has 1 heterocycles. The summed E-state index contributed by atoms with van der Waals surface area (Å²) in [6, 6.07) is 1.76. The molecule has 0 bridgehead atoms. The van der Waals surface area contributed by atoms with Gasteiger partial charge in [0.15, 0.2) is 0 Å². The molecule has 0 radical (unpaired) electrons. The number of carbonyl (C=O) groups excluding carboxylic acids is 1. The third kappa shape index (κ3) is 4.13. The predicted octanol–water partition coefficient (Wildman–Crippen LogP) is 3.70. The molecule has 1 N–H and O–H groups in total. The quantitative estimate of drug-likeness (QED) is 0.366. The molecule has 5 nitrogen and oxygen atoms in total. The standard InChI is InChI=1S/C8H8Br2N4OS/c9-5-4-6(16-7(5)10)8(15)12-2-1-3-13-14-11/h4H,1-3H2,(H,12,15). The number of nitrogens with zero attached hydrogens (tertiary/aromatic N) is 3. The van der Waals surface area contributed by atoms with Crippen molar-refractivity contribution in [1.29, 1.82) is 0 Å². The van der Waals surface area contributed by atoms with Gasteiger partial charge < -0.3 is 5.32 Å². The molecule has 1 aromatic heterocycles. The van der Waals surface area contributed by atoms with Crippen molar-refractivity contribution in [3.8, 4) is 0 Å². The lowest BCUT2D eigenvalue weighted by Crippen LogP contribution is -2.23. The van der Waals surface area contributed by atoms with Crippen molar-refractivity contribution in [3.63, 3.8) is 0 Å². The highest BCUT2D eigenvalue weighted by Crippen LogP contribution is 2.32. The molecule has 0 atom stereocenters. The van der Waals surface area contributed by atoms with Crippen molar-refractivity contribution in [2.45, 2.75) is 6.42 Å². The van der Waals surface area contributed by atoms with Gasteiger partial charge in [-0.05, 0) is 49.9 Å². The molecule has 0 aromatic carbocycles. The largest absolute Gasteiger partial charge is 0.351 e. The zero-order valence-electron chi connectivity index (χ0n) is 8.11. The minimum Gasteiger partial charge on any atom is -0.351 e. The monoisotopic (exact) mass is 366 g/mol. The Morgan fingerprint density at radius 3 is 2.94 bits per heavy atom. The molecule has 0 saturated carbocycles. The molecule has 0 aliphatic heterocycles. The van der Waals surface area contributed by atoms with E-state index in [1.807, 2.05) is 0 Å². The van der Waals surface area contributed by atoms with Gasteiger partial charge in [0, 0.05) is 22.5 Å². The number of azide groups is 1. The molecular weight excluding hydrogens is 360 g/mol. The lowest BCUT2D eigenvalue weighted by atomic mass is 10.4. The first-order chi connectivity index (χ1) is 7.65. The van der Waals surface area contributed by atoms with E-state index in [0.717, 1.165) is 8.26 Å². The Morgan fingerprint density at radius 1 is 1.62 bits per heavy atom. The summed E-state index contributed by atoms with van der Waals surface area (Å²) in [4.78, 5) is 14.9. The van der Waals surface area contributed by atoms with Crippen LogP contribution in [0.15, 0.2) is 19.4 Å². The summed E-state index contributed by atoms with van der Waals surface area (Å²) >= 11 is 8.00. The van der Waals surface area contributed by atoms with Gasteiger partial charge in [0.2, 0.25) is 0 Å². The van der Waals surface area contributed by atoms with Crippen LogP contribution in [0.3, 0.4) is 0 Å². The molecule has 1 amide bonds. The van der Waals surface area contributed by atoms with Crippen LogP contribution in [-0.4, -0.2) is 19.0 Å². The van der Waals surface area contributed by atoms with Gasteiger partial charge in [0.25, 0.3) is 5.91 Å². The van der Waals surface area contributed by atoms with Crippen LogP contribution in [0.1, 0.15) is 16.1 Å². The smallest absolute Gasteiger partial charge is 0.261 e. The van der Waals surface area contributed by atoms with Crippen molar-refractivity contribution in [1.82, 2.24) is 5.32 Å². The molecule has 0 fully saturated rings. The van der Waals surface area contributed by atoms with Crippen LogP contribution in [0.25, 0.3) is 10.4 Å². The van der Waals surface area contributed by atoms with Crippen LogP contribution in [0.4, 0.5) is 0 Å².